The summed E-state index contributed by atoms with van der Waals surface area (Å²) in [5, 5.41) is 15.1. The van der Waals surface area contributed by atoms with Crippen molar-refractivity contribution < 1.29 is 9.84 Å². The van der Waals surface area contributed by atoms with Gasteiger partial charge in [0.05, 0.1) is 11.8 Å². The molecule has 8 heteroatoms. The largest absolute Gasteiger partial charge is 0.370 e. The number of hydrogen-bond acceptors (Lipinski definition) is 8. The molecule has 33 heavy (non-hydrogen) atoms. The molecule has 1 aliphatic carbocycles. The molecule has 1 saturated heterocycles. The van der Waals surface area contributed by atoms with Gasteiger partial charge in [-0.25, -0.2) is 9.97 Å². The topological polar surface area (TPSA) is 95.8 Å². The molecule has 3 unspecified atom stereocenters. The number of hydrogen-bond donors (Lipinski definition) is 2. The van der Waals surface area contributed by atoms with E-state index in [2.05, 4.69) is 32.1 Å². The maximum absolute atomic E-state index is 11.8. The molecule has 1 saturated carbocycles. The summed E-state index contributed by atoms with van der Waals surface area (Å²) in [6, 6.07) is 5.79. The second kappa shape index (κ2) is 10.1. The maximum atomic E-state index is 11.8. The zero-order chi connectivity index (χ0) is 23.4. The van der Waals surface area contributed by atoms with E-state index in [1.54, 1.807) is 25.5 Å². The monoisotopic (exact) mass is 450 g/mol. The molecule has 2 aromatic heterocycles. The zero-order valence-corrected chi connectivity index (χ0v) is 19.9. The number of fused-ring (bicyclic) bond motifs is 2. The minimum atomic E-state index is -1.26. The van der Waals surface area contributed by atoms with Gasteiger partial charge in [0.1, 0.15) is 6.73 Å². The molecule has 3 heterocycles. The lowest BCUT2D eigenvalue weighted by molar-refractivity contribution is -0.147. The van der Waals surface area contributed by atoms with Crippen molar-refractivity contribution in [1.29, 1.82) is 0 Å². The molecule has 2 aromatic rings. The highest BCUT2D eigenvalue weighted by Gasteiger charge is 2.52. The average Bonchev–Trinajstić information content (AvgIpc) is 3.43. The highest BCUT2D eigenvalue weighted by Crippen LogP contribution is 2.45. The van der Waals surface area contributed by atoms with E-state index in [1.165, 1.54) is 0 Å². The number of piperidine rings is 1. The Morgan fingerprint density at radius 3 is 2.82 bits per heavy atom. The van der Waals surface area contributed by atoms with Gasteiger partial charge in [-0.3, -0.25) is 14.9 Å². The van der Waals surface area contributed by atoms with Crippen LogP contribution in [0.4, 0.5) is 0 Å². The molecular formula is C25H34N6O2. The minimum absolute atomic E-state index is 0.0577. The second-order valence-electron chi connectivity index (χ2n) is 9.01. The molecule has 0 aromatic carbocycles. The smallest absolute Gasteiger partial charge is 0.161 e. The number of likely N-dealkylation sites (tertiary alicyclic amines) is 1. The number of ether oxygens (including phenoxy) is 1. The molecule has 0 radical (unpaired) electrons. The van der Waals surface area contributed by atoms with Crippen molar-refractivity contribution in [2.24, 2.45) is 10.9 Å². The lowest BCUT2D eigenvalue weighted by Gasteiger charge is -2.42. The predicted octanol–water partition coefficient (Wildman–Crippen LogP) is 3.03. The molecule has 8 nitrogen and oxygen atoms in total. The number of aryl methyl sites for hydroxylation is 1. The quantitative estimate of drug-likeness (QED) is 0.344. The van der Waals surface area contributed by atoms with E-state index in [1.807, 2.05) is 38.4 Å². The molecule has 2 N–H and O–H groups in total. The number of allylic oxidation sites excluding steroid dienone is 1. The van der Waals surface area contributed by atoms with Gasteiger partial charge in [0.15, 0.2) is 11.5 Å². The van der Waals surface area contributed by atoms with Gasteiger partial charge in [0.2, 0.25) is 0 Å². The first kappa shape index (κ1) is 23.5. The van der Waals surface area contributed by atoms with Crippen molar-refractivity contribution in [2.45, 2.75) is 57.9 Å². The van der Waals surface area contributed by atoms with Gasteiger partial charge in [-0.1, -0.05) is 6.92 Å². The molecule has 2 bridgehead atoms. The van der Waals surface area contributed by atoms with E-state index in [4.69, 9.17) is 9.72 Å². The predicted molar refractivity (Wildman–Crippen MR) is 128 cm³/mol. The van der Waals surface area contributed by atoms with Crippen LogP contribution in [0.2, 0.25) is 0 Å². The molecular weight excluding hydrogens is 416 g/mol. The van der Waals surface area contributed by atoms with Crippen molar-refractivity contribution in [1.82, 2.24) is 25.2 Å². The Bertz CT molecular complexity index is 1010. The number of nitrogens with zero attached hydrogens (tertiary/aromatic N) is 5. The van der Waals surface area contributed by atoms with E-state index in [0.29, 0.717) is 24.2 Å². The first-order chi connectivity index (χ1) is 15.9. The van der Waals surface area contributed by atoms with Crippen molar-refractivity contribution in [2.75, 3.05) is 20.3 Å². The zero-order valence-electron chi connectivity index (χ0n) is 19.9. The van der Waals surface area contributed by atoms with E-state index >= 15 is 0 Å². The van der Waals surface area contributed by atoms with Gasteiger partial charge >= 0.3 is 0 Å². The van der Waals surface area contributed by atoms with Crippen molar-refractivity contribution in [3.05, 3.63) is 53.8 Å². The lowest BCUT2D eigenvalue weighted by Crippen LogP contribution is -2.53. The summed E-state index contributed by atoms with van der Waals surface area (Å²) in [5.41, 5.74) is 2.05. The summed E-state index contributed by atoms with van der Waals surface area (Å²) in [5.74, 6) is 1.07. The fourth-order valence-corrected chi connectivity index (χ4v) is 5.04. The maximum Gasteiger partial charge on any atom is 0.161 e. The van der Waals surface area contributed by atoms with Crippen LogP contribution in [0, 0.1) is 12.8 Å². The Balaban J connectivity index is 1.51. The van der Waals surface area contributed by atoms with Gasteiger partial charge in [-0.15, -0.1) is 0 Å². The first-order valence-electron chi connectivity index (χ1n) is 11.6. The van der Waals surface area contributed by atoms with E-state index in [0.717, 1.165) is 42.6 Å². The average molecular weight is 451 g/mol. The SMILES string of the molecule is CCC(C=NC)=CNCOC1CC2CC1N([C@@](C)(O)c1nc(C)ccc1-c1ncccn1)C2. The Kier molecular flexibility index (Phi) is 7.17. The Morgan fingerprint density at radius 2 is 2.12 bits per heavy atom. The highest BCUT2D eigenvalue weighted by atomic mass is 16.5. The second-order valence-corrected chi connectivity index (χ2v) is 9.01. The van der Waals surface area contributed by atoms with Crippen LogP contribution in [0.1, 0.15) is 44.5 Å². The summed E-state index contributed by atoms with van der Waals surface area (Å²) in [6.45, 7) is 7.11. The number of nitrogens with one attached hydrogen (secondary N) is 1. The van der Waals surface area contributed by atoms with Crippen LogP contribution in [0.15, 0.2) is 47.4 Å². The minimum Gasteiger partial charge on any atom is -0.370 e. The summed E-state index contributed by atoms with van der Waals surface area (Å²) < 4.78 is 6.21. The molecule has 2 aliphatic rings. The van der Waals surface area contributed by atoms with E-state index in [9.17, 15) is 5.11 Å². The Morgan fingerprint density at radius 1 is 1.33 bits per heavy atom. The van der Waals surface area contributed by atoms with Gasteiger partial charge in [-0.05, 0) is 62.8 Å². The van der Waals surface area contributed by atoms with Crippen LogP contribution in [0.5, 0.6) is 0 Å². The molecule has 4 rings (SSSR count). The van der Waals surface area contributed by atoms with Gasteiger partial charge < -0.3 is 15.2 Å². The molecule has 176 valence electrons. The number of pyridine rings is 1. The summed E-state index contributed by atoms with van der Waals surface area (Å²) in [6.07, 6.45) is 10.2. The standard InChI is InChI=1S/C25H34N6O2/c1-5-18(13-26-4)14-27-16-33-22-12-19-11-21(22)31(15-19)25(3,32)23-20(8-7-17(2)30-23)24-28-9-6-10-29-24/h6-10,13-14,19,21-22,27,32H,5,11-12,15-16H2,1-4H3/t19?,21?,22?,25-/m0/s1. The Labute approximate surface area is 195 Å². The van der Waals surface area contributed by atoms with Crippen molar-refractivity contribution in [3.63, 3.8) is 0 Å². The molecule has 0 spiro atoms. The van der Waals surface area contributed by atoms with Gasteiger partial charge in [-0.2, -0.15) is 0 Å². The number of rotatable bonds is 9. The van der Waals surface area contributed by atoms with Gasteiger partial charge in [0.25, 0.3) is 0 Å². The first-order valence-corrected chi connectivity index (χ1v) is 11.6. The summed E-state index contributed by atoms with van der Waals surface area (Å²) in [4.78, 5) is 19.8. The summed E-state index contributed by atoms with van der Waals surface area (Å²) >= 11 is 0. The molecule has 1 aliphatic heterocycles. The molecule has 0 amide bonds. The highest BCUT2D eigenvalue weighted by molar-refractivity contribution is 5.77. The van der Waals surface area contributed by atoms with Crippen LogP contribution >= 0.6 is 0 Å². The van der Waals surface area contributed by atoms with Crippen molar-refractivity contribution >= 4 is 6.21 Å². The third kappa shape index (κ3) is 4.98. The fourth-order valence-electron chi connectivity index (χ4n) is 5.04. The summed E-state index contributed by atoms with van der Waals surface area (Å²) in [7, 11) is 1.77. The van der Waals surface area contributed by atoms with E-state index in [-0.39, 0.29) is 12.1 Å². The molecule has 4 atom stereocenters. The Hall–Kier alpha value is -2.68. The lowest BCUT2D eigenvalue weighted by atomic mass is 9.98. The third-order valence-corrected chi connectivity index (χ3v) is 6.65. The van der Waals surface area contributed by atoms with Gasteiger partial charge in [0, 0.05) is 55.7 Å². The van der Waals surface area contributed by atoms with Crippen LogP contribution < -0.4 is 5.32 Å². The van der Waals surface area contributed by atoms with Crippen LogP contribution in [0.25, 0.3) is 11.4 Å². The van der Waals surface area contributed by atoms with Crippen LogP contribution in [-0.4, -0.2) is 63.6 Å². The van der Waals surface area contributed by atoms with E-state index < -0.39 is 5.72 Å². The number of aromatic nitrogens is 3. The number of aliphatic hydroxyl groups is 1. The van der Waals surface area contributed by atoms with Crippen molar-refractivity contribution in [3.8, 4) is 11.4 Å². The fraction of sp³-hybridized carbons (Fsp3) is 0.520. The number of aliphatic imine (C=N–C) groups is 1. The normalized spacial score (nSPS) is 25.0. The van der Waals surface area contributed by atoms with Crippen LogP contribution in [0.3, 0.4) is 0 Å². The van der Waals surface area contributed by atoms with Crippen LogP contribution in [-0.2, 0) is 10.5 Å². The molecule has 2 fully saturated rings. The third-order valence-electron chi connectivity index (χ3n) is 6.65.